The number of nitrogens with one attached hydrogen (secondary N) is 2. The van der Waals surface area contributed by atoms with Crippen LogP contribution < -0.4 is 5.32 Å². The van der Waals surface area contributed by atoms with E-state index in [0.29, 0.717) is 16.9 Å². The average molecular weight is 648 g/mol. The maximum absolute atomic E-state index is 12.8. The molecule has 1 aliphatic carbocycles. The highest BCUT2D eigenvalue weighted by Crippen LogP contribution is 2.52. The van der Waals surface area contributed by atoms with Gasteiger partial charge in [0.2, 0.25) is 10.6 Å². The van der Waals surface area contributed by atoms with Crippen molar-refractivity contribution in [2.75, 3.05) is 45.5 Å². The van der Waals surface area contributed by atoms with E-state index in [9.17, 15) is 19.5 Å². The Hall–Kier alpha value is -2.38. The van der Waals surface area contributed by atoms with Crippen molar-refractivity contribution in [1.29, 1.82) is 0 Å². The second-order valence-corrected chi connectivity index (χ2v) is 12.7. The van der Waals surface area contributed by atoms with Crippen LogP contribution >= 0.6 is 19.2 Å². The van der Waals surface area contributed by atoms with Gasteiger partial charge in [-0.25, -0.2) is 4.68 Å². The first-order valence-electron chi connectivity index (χ1n) is 13.8. The van der Waals surface area contributed by atoms with Crippen molar-refractivity contribution < 1.29 is 43.1 Å². The zero-order valence-electron chi connectivity index (χ0n) is 23.4. The lowest BCUT2D eigenvalue weighted by Crippen LogP contribution is -2.44. The third kappa shape index (κ3) is 7.65. The molecule has 2 fully saturated rings. The summed E-state index contributed by atoms with van der Waals surface area (Å²) < 4.78 is 42.0. The molecule has 0 aromatic carbocycles. The number of nitrogens with zero attached hydrogens (tertiary/aromatic N) is 7. The Kier molecular flexibility index (Phi) is 10.5. The number of aromatic nitrogens is 8. The zero-order valence-corrected chi connectivity index (χ0v) is 25.1. The molecule has 2 aliphatic rings. The number of hydrogen-bond acceptors (Lipinski definition) is 14. The number of ether oxygens (including phenoxy) is 5. The Labute approximate surface area is 250 Å². The van der Waals surface area contributed by atoms with Crippen LogP contribution in [0.25, 0.3) is 11.0 Å². The summed E-state index contributed by atoms with van der Waals surface area (Å²) >= 11 is 6.24. The SMILES string of the molecule is COCCOC[C@@](COCc1nn[nH]n1)(OC[C@@H]1C[C@@H](O)[C@H](n2ncc3c(NC4CCCC4)nc(Cl)nc32)O1)P(=O)(O)O. The van der Waals surface area contributed by atoms with Gasteiger partial charge in [0.1, 0.15) is 18.5 Å². The predicted molar refractivity (Wildman–Crippen MR) is 148 cm³/mol. The summed E-state index contributed by atoms with van der Waals surface area (Å²) in [5.41, 5.74) is 0.372. The first-order chi connectivity index (χ1) is 20.7. The lowest BCUT2D eigenvalue weighted by Gasteiger charge is -2.34. The van der Waals surface area contributed by atoms with Gasteiger partial charge in [0.15, 0.2) is 17.7 Å². The van der Waals surface area contributed by atoms with Crippen LogP contribution in [0.4, 0.5) is 5.82 Å². The van der Waals surface area contributed by atoms with Gasteiger partial charge in [-0.05, 0) is 24.4 Å². The van der Waals surface area contributed by atoms with Crippen molar-refractivity contribution >= 4 is 36.0 Å². The van der Waals surface area contributed by atoms with E-state index in [4.69, 9.17) is 35.3 Å². The van der Waals surface area contributed by atoms with E-state index in [2.05, 4.69) is 41.0 Å². The summed E-state index contributed by atoms with van der Waals surface area (Å²) in [5, 5.41) is 30.4. The van der Waals surface area contributed by atoms with Crippen molar-refractivity contribution in [3.05, 3.63) is 17.3 Å². The quantitative estimate of drug-likeness (QED) is 0.0820. The number of methoxy groups -OCH3 is 1. The van der Waals surface area contributed by atoms with Crippen LogP contribution in [-0.4, -0.2) is 119 Å². The topological polar surface area (TPSA) is 234 Å². The number of tetrazole rings is 1. The molecule has 20 heteroatoms. The maximum Gasteiger partial charge on any atom is 0.361 e. The minimum atomic E-state index is -5.01. The molecule has 238 valence electrons. The minimum absolute atomic E-state index is 0.0165. The standard InChI is InChI=1S/C23H35ClN9O9P/c1-38-6-7-39-12-23(43(35,36)37,13-40-11-18-29-31-32-30-18)41-10-15-8-17(34)21(42-15)33-20-16(9-25-33)19(27-22(24)28-20)26-14-4-2-3-5-14/h9,14-15,17,21,34H,2-8,10-13H2,1H3,(H,26,27,28)(H2,35,36,37)(H,29,30,31,32)/t15-,17+,21+,23+/m0/s1. The molecular formula is C23H35ClN9O9P. The van der Waals surface area contributed by atoms with E-state index in [1.807, 2.05) is 0 Å². The molecule has 0 amide bonds. The van der Waals surface area contributed by atoms with Gasteiger partial charge in [-0.1, -0.05) is 18.1 Å². The van der Waals surface area contributed by atoms with Crippen LogP contribution in [0.3, 0.4) is 0 Å². The van der Waals surface area contributed by atoms with Crippen molar-refractivity contribution in [2.45, 2.75) is 68.5 Å². The predicted octanol–water partition coefficient (Wildman–Crippen LogP) is 0.766. The minimum Gasteiger partial charge on any atom is -0.388 e. The molecule has 5 N–H and O–H groups in total. The summed E-state index contributed by atoms with van der Waals surface area (Å²) in [6, 6.07) is 0.274. The molecule has 4 atom stereocenters. The molecule has 1 aliphatic heterocycles. The van der Waals surface area contributed by atoms with Gasteiger partial charge >= 0.3 is 7.60 Å². The van der Waals surface area contributed by atoms with Crippen molar-refractivity contribution in [3.8, 4) is 0 Å². The molecule has 0 spiro atoms. The number of aliphatic hydroxyl groups is 1. The molecule has 43 heavy (non-hydrogen) atoms. The molecule has 1 saturated carbocycles. The van der Waals surface area contributed by atoms with Crippen LogP contribution in [0, 0.1) is 0 Å². The highest BCUT2D eigenvalue weighted by atomic mass is 35.5. The first kappa shape index (κ1) is 32.0. The number of fused-ring (bicyclic) bond motifs is 1. The van der Waals surface area contributed by atoms with Crippen molar-refractivity contribution in [1.82, 2.24) is 40.4 Å². The van der Waals surface area contributed by atoms with Crippen LogP contribution in [0.2, 0.25) is 5.28 Å². The lowest BCUT2D eigenvalue weighted by molar-refractivity contribution is -0.134. The molecule has 3 aromatic heterocycles. The van der Waals surface area contributed by atoms with E-state index < -0.39 is 44.6 Å². The van der Waals surface area contributed by atoms with Gasteiger partial charge in [0, 0.05) is 19.6 Å². The monoisotopic (exact) mass is 647 g/mol. The lowest BCUT2D eigenvalue weighted by atomic mass is 10.2. The average Bonchev–Trinajstić information content (AvgIpc) is 3.77. The third-order valence-electron chi connectivity index (χ3n) is 7.31. The maximum atomic E-state index is 12.8. The Morgan fingerprint density at radius 2 is 2.02 bits per heavy atom. The number of rotatable bonds is 16. The molecule has 0 unspecified atom stereocenters. The van der Waals surface area contributed by atoms with Crippen molar-refractivity contribution in [3.63, 3.8) is 0 Å². The van der Waals surface area contributed by atoms with Gasteiger partial charge in [0.05, 0.1) is 50.7 Å². The highest BCUT2D eigenvalue weighted by Gasteiger charge is 2.50. The molecule has 18 nitrogen and oxygen atoms in total. The van der Waals surface area contributed by atoms with E-state index in [1.165, 1.54) is 11.8 Å². The second kappa shape index (κ2) is 14.2. The molecule has 4 heterocycles. The molecule has 0 radical (unpaired) electrons. The van der Waals surface area contributed by atoms with Gasteiger partial charge in [0.25, 0.3) is 0 Å². The third-order valence-corrected chi connectivity index (χ3v) is 8.92. The van der Waals surface area contributed by atoms with Gasteiger partial charge in [-0.3, -0.25) is 4.57 Å². The Morgan fingerprint density at radius 1 is 1.23 bits per heavy atom. The molecule has 1 saturated heterocycles. The number of aromatic amines is 1. The normalized spacial score (nSPS) is 22.9. The number of aliphatic hydroxyl groups excluding tert-OH is 1. The van der Waals surface area contributed by atoms with Crippen molar-refractivity contribution in [2.24, 2.45) is 0 Å². The second-order valence-electron chi connectivity index (χ2n) is 10.4. The molecule has 5 rings (SSSR count). The molecule has 3 aromatic rings. The van der Waals surface area contributed by atoms with Gasteiger partial charge in [-0.2, -0.15) is 20.3 Å². The number of H-pyrrole nitrogens is 1. The van der Waals surface area contributed by atoms with E-state index >= 15 is 0 Å². The van der Waals surface area contributed by atoms with Crippen LogP contribution in [0.1, 0.15) is 44.2 Å². The fourth-order valence-corrected chi connectivity index (χ4v) is 5.99. The zero-order chi connectivity index (χ0) is 30.5. The van der Waals surface area contributed by atoms with Crippen LogP contribution in [0.15, 0.2) is 6.20 Å². The summed E-state index contributed by atoms with van der Waals surface area (Å²) in [5.74, 6) is 0.739. The van der Waals surface area contributed by atoms with Gasteiger partial charge < -0.3 is 43.9 Å². The van der Waals surface area contributed by atoms with E-state index in [1.54, 1.807) is 6.20 Å². The number of halogens is 1. The van der Waals surface area contributed by atoms with Gasteiger partial charge in [-0.15, -0.1) is 10.2 Å². The Bertz CT molecular complexity index is 1370. The summed E-state index contributed by atoms with van der Waals surface area (Å²) in [6.07, 6.45) is 3.23. The van der Waals surface area contributed by atoms with Crippen LogP contribution in [-0.2, 0) is 34.9 Å². The van der Waals surface area contributed by atoms with E-state index in [0.717, 1.165) is 25.7 Å². The summed E-state index contributed by atoms with van der Waals surface area (Å²) in [7, 11) is -3.53. The summed E-state index contributed by atoms with van der Waals surface area (Å²) in [6.45, 7) is -1.31. The Morgan fingerprint density at radius 3 is 2.74 bits per heavy atom. The number of hydrogen-bond donors (Lipinski definition) is 5. The largest absolute Gasteiger partial charge is 0.388 e. The van der Waals surface area contributed by atoms with E-state index in [-0.39, 0.29) is 50.0 Å². The molecular weight excluding hydrogens is 613 g/mol. The highest BCUT2D eigenvalue weighted by molar-refractivity contribution is 7.53. The summed E-state index contributed by atoms with van der Waals surface area (Å²) in [4.78, 5) is 29.4. The molecule has 0 bridgehead atoms. The smallest absolute Gasteiger partial charge is 0.361 e. The fraction of sp³-hybridized carbons (Fsp3) is 0.739. The van der Waals surface area contributed by atoms with Crippen LogP contribution in [0.5, 0.6) is 0 Å². The fourth-order valence-electron chi connectivity index (χ4n) is 5.06. The Balaban J connectivity index is 1.29. The first-order valence-corrected chi connectivity index (χ1v) is 15.8. The number of anilines is 1.